The second kappa shape index (κ2) is 8.43. The molecule has 0 bridgehead atoms. The van der Waals surface area contributed by atoms with Crippen molar-refractivity contribution in [3.8, 4) is 5.69 Å². The fraction of sp³-hybridized carbons (Fsp3) is 0.421. The molecule has 1 heterocycles. The Morgan fingerprint density at radius 3 is 2.78 bits per heavy atom. The van der Waals surface area contributed by atoms with Crippen molar-refractivity contribution in [1.82, 2.24) is 20.4 Å². The van der Waals surface area contributed by atoms with E-state index < -0.39 is 5.97 Å². The predicted octanol–water partition coefficient (Wildman–Crippen LogP) is 3.19. The van der Waals surface area contributed by atoms with Crippen molar-refractivity contribution >= 4 is 23.6 Å². The smallest absolute Gasteiger partial charge is 0.341 e. The number of nitrogens with one attached hydrogen (secondary N) is 2. The Labute approximate surface area is 163 Å². The number of rotatable bonds is 7. The van der Waals surface area contributed by atoms with Crippen LogP contribution in [0.25, 0.3) is 5.69 Å². The van der Waals surface area contributed by atoms with Gasteiger partial charge in [0.15, 0.2) is 0 Å². The first-order chi connectivity index (χ1) is 13.0. The summed E-state index contributed by atoms with van der Waals surface area (Å²) in [6, 6.07) is 5.43. The second-order valence-electron chi connectivity index (χ2n) is 6.49. The molecule has 2 N–H and O–H groups in total. The molecule has 144 valence electrons. The Morgan fingerprint density at radius 1 is 1.33 bits per heavy atom. The van der Waals surface area contributed by atoms with Crippen molar-refractivity contribution in [2.45, 2.75) is 32.6 Å². The zero-order valence-corrected chi connectivity index (χ0v) is 16.2. The van der Waals surface area contributed by atoms with Crippen molar-refractivity contribution in [2.24, 2.45) is 0 Å². The molecule has 0 aliphatic heterocycles. The molecule has 7 nitrogen and oxygen atoms in total. The number of hydrogen-bond donors (Lipinski definition) is 2. The van der Waals surface area contributed by atoms with Crippen molar-refractivity contribution in [3.05, 3.63) is 46.2 Å². The molecule has 2 amide bonds. The lowest BCUT2D eigenvalue weighted by Gasteiger charge is -2.10. The highest BCUT2D eigenvalue weighted by Gasteiger charge is 2.33. The van der Waals surface area contributed by atoms with Gasteiger partial charge in [0.05, 0.1) is 24.1 Å². The maximum Gasteiger partial charge on any atom is 0.341 e. The van der Waals surface area contributed by atoms with E-state index in [1.165, 1.54) is 0 Å². The molecular weight excluding hydrogens is 368 g/mol. The Hall–Kier alpha value is -2.54. The number of esters is 1. The van der Waals surface area contributed by atoms with E-state index in [-0.39, 0.29) is 19.2 Å². The van der Waals surface area contributed by atoms with E-state index in [0.717, 1.165) is 29.8 Å². The van der Waals surface area contributed by atoms with Gasteiger partial charge in [0, 0.05) is 17.5 Å². The molecule has 2 aromatic rings. The summed E-state index contributed by atoms with van der Waals surface area (Å²) in [7, 11) is 0. The third kappa shape index (κ3) is 4.60. The number of hydrogen-bond acceptors (Lipinski definition) is 4. The molecule has 0 atom stereocenters. The fourth-order valence-corrected chi connectivity index (χ4v) is 2.97. The number of carbonyl (C=O) groups excluding carboxylic acids is 2. The molecule has 1 aliphatic carbocycles. The van der Waals surface area contributed by atoms with Crippen LogP contribution in [0.2, 0.25) is 5.02 Å². The average molecular weight is 391 g/mol. The molecule has 1 aromatic carbocycles. The third-order valence-electron chi connectivity index (χ3n) is 4.35. The van der Waals surface area contributed by atoms with E-state index in [4.69, 9.17) is 16.3 Å². The van der Waals surface area contributed by atoms with Gasteiger partial charge in [-0.2, -0.15) is 5.10 Å². The Kier molecular flexibility index (Phi) is 6.01. The van der Waals surface area contributed by atoms with Crippen LogP contribution in [-0.4, -0.2) is 41.5 Å². The summed E-state index contributed by atoms with van der Waals surface area (Å²) >= 11 is 6.24. The van der Waals surface area contributed by atoms with Crippen molar-refractivity contribution < 1.29 is 14.3 Å². The highest BCUT2D eigenvalue weighted by atomic mass is 35.5. The van der Waals surface area contributed by atoms with Gasteiger partial charge in [0.2, 0.25) is 0 Å². The number of aryl methyl sites for hydroxylation is 1. The summed E-state index contributed by atoms with van der Waals surface area (Å²) in [5.74, 6) is -0.136. The summed E-state index contributed by atoms with van der Waals surface area (Å²) in [5, 5.41) is 10.3. The Balaban J connectivity index is 1.71. The molecule has 0 radical (unpaired) electrons. The maximum absolute atomic E-state index is 12.5. The topological polar surface area (TPSA) is 85.2 Å². The quantitative estimate of drug-likeness (QED) is 0.561. The minimum absolute atomic E-state index is 0.0988. The first kappa shape index (κ1) is 19.2. The minimum atomic E-state index is -0.431. The number of urea groups is 1. The lowest BCUT2D eigenvalue weighted by Crippen LogP contribution is -2.37. The summed E-state index contributed by atoms with van der Waals surface area (Å²) < 4.78 is 7.08. The fourth-order valence-electron chi connectivity index (χ4n) is 2.79. The van der Waals surface area contributed by atoms with Gasteiger partial charge < -0.3 is 15.4 Å². The third-order valence-corrected chi connectivity index (χ3v) is 4.76. The van der Waals surface area contributed by atoms with Gasteiger partial charge in [-0.1, -0.05) is 17.7 Å². The average Bonchev–Trinajstić information content (AvgIpc) is 3.39. The van der Waals surface area contributed by atoms with Gasteiger partial charge in [-0.05, 0) is 44.4 Å². The number of benzene rings is 1. The largest absolute Gasteiger partial charge is 0.460 e. The summed E-state index contributed by atoms with van der Waals surface area (Å²) in [4.78, 5) is 23.8. The van der Waals surface area contributed by atoms with Gasteiger partial charge in [-0.15, -0.1) is 0 Å². The van der Waals surface area contributed by atoms with Gasteiger partial charge in [0.25, 0.3) is 0 Å². The predicted molar refractivity (Wildman–Crippen MR) is 103 cm³/mol. The second-order valence-corrected chi connectivity index (χ2v) is 6.89. The Morgan fingerprint density at radius 2 is 2.11 bits per heavy atom. The molecule has 27 heavy (non-hydrogen) atoms. The monoisotopic (exact) mass is 390 g/mol. The van der Waals surface area contributed by atoms with Crippen LogP contribution in [-0.2, 0) is 4.74 Å². The number of nitrogens with zero attached hydrogens (tertiary/aromatic N) is 2. The highest BCUT2D eigenvalue weighted by Crippen LogP contribution is 2.42. The molecule has 1 aliphatic rings. The zero-order chi connectivity index (χ0) is 19.4. The van der Waals surface area contributed by atoms with Crippen LogP contribution < -0.4 is 10.6 Å². The van der Waals surface area contributed by atoms with Crippen LogP contribution in [0.5, 0.6) is 0 Å². The van der Waals surface area contributed by atoms with E-state index in [9.17, 15) is 9.59 Å². The number of halogens is 1. The normalized spacial score (nSPS) is 13.3. The molecule has 0 saturated heterocycles. The van der Waals surface area contributed by atoms with E-state index in [0.29, 0.717) is 23.0 Å². The number of carbonyl (C=O) groups is 2. The standard InChI is InChI=1S/C19H23ClN4O3/c1-3-21-19(26)22-8-9-27-18(25)15-11-23-24(17(15)13-5-6-13)14-7-4-12(2)16(20)10-14/h4,7,10-11,13H,3,5-6,8-9H2,1-2H3,(H2,21,22,26). The molecule has 0 spiro atoms. The van der Waals surface area contributed by atoms with E-state index in [2.05, 4.69) is 15.7 Å². The van der Waals surface area contributed by atoms with Gasteiger partial charge >= 0.3 is 12.0 Å². The lowest BCUT2D eigenvalue weighted by molar-refractivity contribution is 0.0509. The lowest BCUT2D eigenvalue weighted by atomic mass is 10.1. The van der Waals surface area contributed by atoms with E-state index in [1.807, 2.05) is 32.0 Å². The molecule has 0 unspecified atom stereocenters. The van der Waals surface area contributed by atoms with E-state index in [1.54, 1.807) is 10.9 Å². The first-order valence-corrected chi connectivity index (χ1v) is 9.42. The number of aromatic nitrogens is 2. The van der Waals surface area contributed by atoms with Crippen molar-refractivity contribution in [1.29, 1.82) is 0 Å². The SMILES string of the molecule is CCNC(=O)NCCOC(=O)c1cnn(-c2ccc(C)c(Cl)c2)c1C1CC1. The summed E-state index contributed by atoms with van der Waals surface area (Å²) in [6.07, 6.45) is 3.58. The highest BCUT2D eigenvalue weighted by molar-refractivity contribution is 6.31. The van der Waals surface area contributed by atoms with Gasteiger partial charge in [0.1, 0.15) is 12.2 Å². The van der Waals surface area contributed by atoms with Crippen molar-refractivity contribution in [3.63, 3.8) is 0 Å². The van der Waals surface area contributed by atoms with Crippen LogP contribution in [0, 0.1) is 6.92 Å². The van der Waals surface area contributed by atoms with Crippen molar-refractivity contribution in [2.75, 3.05) is 19.7 Å². The molecule has 3 rings (SSSR count). The van der Waals surface area contributed by atoms with Crippen LogP contribution in [0.1, 0.15) is 47.3 Å². The van der Waals surface area contributed by atoms with Crippen LogP contribution in [0.3, 0.4) is 0 Å². The van der Waals surface area contributed by atoms with Gasteiger partial charge in [-0.25, -0.2) is 14.3 Å². The zero-order valence-electron chi connectivity index (χ0n) is 15.4. The molecule has 8 heteroatoms. The number of ether oxygens (including phenoxy) is 1. The number of amides is 2. The van der Waals surface area contributed by atoms with Crippen LogP contribution in [0.15, 0.2) is 24.4 Å². The molecule has 1 fully saturated rings. The summed E-state index contributed by atoms with van der Waals surface area (Å²) in [5.41, 5.74) is 3.13. The van der Waals surface area contributed by atoms with E-state index >= 15 is 0 Å². The van der Waals surface area contributed by atoms with Crippen LogP contribution >= 0.6 is 11.6 Å². The molecular formula is C19H23ClN4O3. The first-order valence-electron chi connectivity index (χ1n) is 9.04. The molecule has 1 saturated carbocycles. The Bertz CT molecular complexity index is 845. The minimum Gasteiger partial charge on any atom is -0.460 e. The maximum atomic E-state index is 12.5. The molecule has 1 aromatic heterocycles. The van der Waals surface area contributed by atoms with Crippen LogP contribution in [0.4, 0.5) is 4.79 Å². The van der Waals surface area contributed by atoms with Gasteiger partial charge in [-0.3, -0.25) is 0 Å². The summed E-state index contributed by atoms with van der Waals surface area (Å²) in [6.45, 7) is 4.66.